The largest absolute Gasteiger partial charge is 0.492 e. The van der Waals surface area contributed by atoms with Gasteiger partial charge in [-0.05, 0) is 30.7 Å². The van der Waals surface area contributed by atoms with E-state index in [0.29, 0.717) is 5.33 Å². The first-order valence-electron chi connectivity index (χ1n) is 6.86. The summed E-state index contributed by atoms with van der Waals surface area (Å²) in [6, 6.07) is 12.0. The molecule has 0 fully saturated rings. The van der Waals surface area contributed by atoms with Crippen LogP contribution >= 0.6 is 15.9 Å². The number of alkyl halides is 1. The van der Waals surface area contributed by atoms with Crippen molar-refractivity contribution in [3.63, 3.8) is 0 Å². The van der Waals surface area contributed by atoms with Gasteiger partial charge >= 0.3 is 0 Å². The molecular weight excluding hydrogens is 352 g/mol. The molecule has 0 radical (unpaired) electrons. The highest BCUT2D eigenvalue weighted by atomic mass is 79.9. The molecular formula is C16H19BrO3S. The second-order valence-electron chi connectivity index (χ2n) is 5.16. The predicted molar refractivity (Wildman–Crippen MR) is 91.0 cm³/mol. The van der Waals surface area contributed by atoms with E-state index in [1.807, 2.05) is 30.3 Å². The fraction of sp³-hybridized carbons (Fsp3) is 0.375. The first-order valence-corrected chi connectivity index (χ1v) is 9.70. The molecule has 0 aliphatic rings. The Morgan fingerprint density at radius 2 is 1.86 bits per heavy atom. The fourth-order valence-corrected chi connectivity index (χ4v) is 3.46. The molecule has 114 valence electrons. The lowest BCUT2D eigenvalue weighted by Gasteiger charge is -2.13. The highest BCUT2D eigenvalue weighted by Gasteiger charge is 2.16. The lowest BCUT2D eigenvalue weighted by molar-refractivity contribution is 0.338. The molecule has 0 saturated carbocycles. The van der Waals surface area contributed by atoms with Gasteiger partial charge in [-0.15, -0.1) is 0 Å². The van der Waals surface area contributed by atoms with E-state index in [9.17, 15) is 8.42 Å². The third kappa shape index (κ3) is 3.77. The van der Waals surface area contributed by atoms with Gasteiger partial charge in [-0.3, -0.25) is 0 Å². The SMILES string of the molecule is CC(C)S(=O)(=O)CCOc1ccc2ccccc2c1CBr. The van der Waals surface area contributed by atoms with E-state index in [4.69, 9.17) is 4.74 Å². The summed E-state index contributed by atoms with van der Waals surface area (Å²) < 4.78 is 29.3. The topological polar surface area (TPSA) is 43.4 Å². The maximum Gasteiger partial charge on any atom is 0.155 e. The van der Waals surface area contributed by atoms with Crippen LogP contribution in [0.15, 0.2) is 36.4 Å². The molecule has 3 nitrogen and oxygen atoms in total. The summed E-state index contributed by atoms with van der Waals surface area (Å²) in [5.41, 5.74) is 1.05. The summed E-state index contributed by atoms with van der Waals surface area (Å²) >= 11 is 3.49. The summed E-state index contributed by atoms with van der Waals surface area (Å²) in [7, 11) is -3.07. The molecule has 0 atom stereocenters. The average molecular weight is 371 g/mol. The highest BCUT2D eigenvalue weighted by Crippen LogP contribution is 2.30. The lowest BCUT2D eigenvalue weighted by atomic mass is 10.0. The molecule has 0 unspecified atom stereocenters. The van der Waals surface area contributed by atoms with Crippen molar-refractivity contribution in [3.05, 3.63) is 42.0 Å². The average Bonchev–Trinajstić information content (AvgIpc) is 2.46. The van der Waals surface area contributed by atoms with Crippen molar-refractivity contribution >= 4 is 36.5 Å². The molecule has 2 rings (SSSR count). The summed E-state index contributed by atoms with van der Waals surface area (Å²) in [5.74, 6) is 0.781. The van der Waals surface area contributed by atoms with Crippen LogP contribution in [0.4, 0.5) is 0 Å². The van der Waals surface area contributed by atoms with E-state index >= 15 is 0 Å². The Morgan fingerprint density at radius 1 is 1.14 bits per heavy atom. The van der Waals surface area contributed by atoms with E-state index in [1.54, 1.807) is 13.8 Å². The van der Waals surface area contributed by atoms with Gasteiger partial charge in [0.1, 0.15) is 12.4 Å². The fourth-order valence-electron chi connectivity index (χ4n) is 2.09. The lowest BCUT2D eigenvalue weighted by Crippen LogP contribution is -2.22. The Balaban J connectivity index is 2.19. The van der Waals surface area contributed by atoms with Gasteiger partial charge in [0.25, 0.3) is 0 Å². The van der Waals surface area contributed by atoms with Gasteiger partial charge in [0.2, 0.25) is 0 Å². The number of hydrogen-bond acceptors (Lipinski definition) is 3. The standard InChI is InChI=1S/C16H19BrO3S/c1-12(2)21(18,19)10-9-20-16-8-7-13-5-3-4-6-14(13)15(16)11-17/h3-8,12H,9-11H2,1-2H3. The van der Waals surface area contributed by atoms with Crippen LogP contribution in [0.2, 0.25) is 0 Å². The molecule has 0 spiro atoms. The molecule has 0 aliphatic carbocycles. The summed E-state index contributed by atoms with van der Waals surface area (Å²) in [6.45, 7) is 3.56. The minimum atomic E-state index is -3.07. The predicted octanol–water partition coefficient (Wildman–Crippen LogP) is 3.94. The summed E-state index contributed by atoms with van der Waals surface area (Å²) in [6.07, 6.45) is 0. The molecule has 2 aromatic carbocycles. The Kier molecular flexibility index (Phi) is 5.27. The number of benzene rings is 2. The van der Waals surface area contributed by atoms with Gasteiger partial charge in [-0.25, -0.2) is 8.42 Å². The number of ether oxygens (including phenoxy) is 1. The normalized spacial score (nSPS) is 12.0. The van der Waals surface area contributed by atoms with Crippen LogP contribution < -0.4 is 4.74 Å². The van der Waals surface area contributed by atoms with Crippen LogP contribution in [0.3, 0.4) is 0 Å². The van der Waals surface area contributed by atoms with Crippen molar-refractivity contribution in [1.29, 1.82) is 0 Å². The van der Waals surface area contributed by atoms with Gasteiger partial charge in [-0.2, -0.15) is 0 Å². The minimum Gasteiger partial charge on any atom is -0.492 e. The third-order valence-corrected chi connectivity index (χ3v) is 6.21. The van der Waals surface area contributed by atoms with Crippen molar-refractivity contribution in [2.24, 2.45) is 0 Å². The molecule has 2 aromatic rings. The van der Waals surface area contributed by atoms with Gasteiger partial charge in [0.05, 0.1) is 11.0 Å². The summed E-state index contributed by atoms with van der Waals surface area (Å²) in [5, 5.41) is 2.57. The highest BCUT2D eigenvalue weighted by molar-refractivity contribution is 9.08. The molecule has 0 aliphatic heterocycles. The molecule has 5 heteroatoms. The maximum atomic E-state index is 11.8. The third-order valence-electron chi connectivity index (χ3n) is 3.47. The van der Waals surface area contributed by atoms with Crippen LogP contribution in [-0.4, -0.2) is 26.0 Å². The zero-order chi connectivity index (χ0) is 15.5. The van der Waals surface area contributed by atoms with Crippen molar-refractivity contribution in [1.82, 2.24) is 0 Å². The zero-order valence-electron chi connectivity index (χ0n) is 12.2. The first kappa shape index (κ1) is 16.3. The van der Waals surface area contributed by atoms with Crippen molar-refractivity contribution in [2.45, 2.75) is 24.4 Å². The van der Waals surface area contributed by atoms with Crippen LogP contribution in [0, 0.1) is 0 Å². The Labute approximate surface area is 134 Å². The van der Waals surface area contributed by atoms with Crippen LogP contribution in [0.5, 0.6) is 5.75 Å². The van der Waals surface area contributed by atoms with Crippen LogP contribution in [0.1, 0.15) is 19.4 Å². The molecule has 0 N–H and O–H groups in total. The molecule has 0 amide bonds. The summed E-state index contributed by atoms with van der Waals surface area (Å²) in [4.78, 5) is 0. The van der Waals surface area contributed by atoms with Gasteiger partial charge in [-0.1, -0.05) is 46.3 Å². The smallest absolute Gasteiger partial charge is 0.155 e. The first-order chi connectivity index (χ1) is 9.95. The molecule has 0 heterocycles. The Bertz CT molecular complexity index is 723. The zero-order valence-corrected chi connectivity index (χ0v) is 14.6. The van der Waals surface area contributed by atoms with Gasteiger partial charge in [0.15, 0.2) is 9.84 Å². The van der Waals surface area contributed by atoms with E-state index in [2.05, 4.69) is 22.0 Å². The number of fused-ring (bicyclic) bond motifs is 1. The number of rotatable bonds is 6. The van der Waals surface area contributed by atoms with E-state index in [1.165, 1.54) is 0 Å². The van der Waals surface area contributed by atoms with E-state index in [0.717, 1.165) is 22.1 Å². The Morgan fingerprint density at radius 3 is 2.52 bits per heavy atom. The second kappa shape index (κ2) is 6.79. The second-order valence-corrected chi connectivity index (χ2v) is 8.40. The Hall–Kier alpha value is -1.07. The van der Waals surface area contributed by atoms with Crippen LogP contribution in [-0.2, 0) is 15.2 Å². The van der Waals surface area contributed by atoms with Crippen molar-refractivity contribution < 1.29 is 13.2 Å². The van der Waals surface area contributed by atoms with Crippen LogP contribution in [0.25, 0.3) is 10.8 Å². The molecule has 21 heavy (non-hydrogen) atoms. The molecule has 0 saturated heterocycles. The monoisotopic (exact) mass is 370 g/mol. The minimum absolute atomic E-state index is 0.0409. The molecule has 0 aromatic heterocycles. The van der Waals surface area contributed by atoms with E-state index < -0.39 is 9.84 Å². The number of sulfone groups is 1. The quantitative estimate of drug-likeness (QED) is 0.723. The van der Waals surface area contributed by atoms with Crippen molar-refractivity contribution in [3.8, 4) is 5.75 Å². The number of hydrogen-bond donors (Lipinski definition) is 0. The van der Waals surface area contributed by atoms with Gasteiger partial charge < -0.3 is 4.74 Å². The van der Waals surface area contributed by atoms with Crippen molar-refractivity contribution in [2.75, 3.05) is 12.4 Å². The van der Waals surface area contributed by atoms with E-state index in [-0.39, 0.29) is 17.6 Å². The maximum absolute atomic E-state index is 11.8. The van der Waals surface area contributed by atoms with Gasteiger partial charge in [0, 0.05) is 10.9 Å². The molecule has 0 bridgehead atoms. The number of halogens is 1.